The molecule has 0 atom stereocenters. The van der Waals surface area contributed by atoms with E-state index in [1.54, 1.807) is 28.2 Å². The third-order valence-electron chi connectivity index (χ3n) is 3.10. The summed E-state index contributed by atoms with van der Waals surface area (Å²) in [5, 5.41) is 14.4. The second-order valence-corrected chi connectivity index (χ2v) is 4.73. The zero-order valence-electron chi connectivity index (χ0n) is 11.8. The van der Waals surface area contributed by atoms with Crippen molar-refractivity contribution in [1.29, 1.82) is 0 Å². The lowest BCUT2D eigenvalue weighted by molar-refractivity contribution is -0.116. The van der Waals surface area contributed by atoms with Crippen molar-refractivity contribution in [2.75, 3.05) is 5.32 Å². The SMILES string of the molecule is O=C(CCCn1cncn1)Nc1cccc(-n2cnnc2)c1. The van der Waals surface area contributed by atoms with Gasteiger partial charge in [0.15, 0.2) is 0 Å². The fourth-order valence-electron chi connectivity index (χ4n) is 2.05. The number of hydrogen-bond donors (Lipinski definition) is 1. The van der Waals surface area contributed by atoms with Crippen LogP contribution in [0.3, 0.4) is 0 Å². The van der Waals surface area contributed by atoms with Gasteiger partial charge in [-0.3, -0.25) is 14.0 Å². The number of nitrogens with zero attached hydrogens (tertiary/aromatic N) is 6. The number of nitrogens with one attached hydrogen (secondary N) is 1. The standard InChI is InChI=1S/C14H15N7O/c22-14(5-2-6-21-9-15-8-18-21)19-12-3-1-4-13(7-12)20-10-16-17-11-20/h1,3-4,7-11H,2,5-6H2,(H,19,22). The monoisotopic (exact) mass is 297 g/mol. The lowest BCUT2D eigenvalue weighted by Gasteiger charge is -2.07. The Kier molecular flexibility index (Phi) is 4.19. The molecule has 0 spiro atoms. The van der Waals surface area contributed by atoms with Gasteiger partial charge in [0, 0.05) is 18.7 Å². The molecule has 3 aromatic rings. The number of amides is 1. The van der Waals surface area contributed by atoms with Crippen LogP contribution < -0.4 is 5.32 Å². The van der Waals surface area contributed by atoms with Crippen molar-refractivity contribution in [1.82, 2.24) is 29.5 Å². The Morgan fingerprint density at radius 3 is 2.82 bits per heavy atom. The highest BCUT2D eigenvalue weighted by Crippen LogP contribution is 2.14. The third kappa shape index (κ3) is 3.54. The maximum atomic E-state index is 12.0. The predicted molar refractivity (Wildman–Crippen MR) is 79.2 cm³/mol. The molecule has 8 nitrogen and oxygen atoms in total. The minimum atomic E-state index is -0.0268. The zero-order chi connectivity index (χ0) is 15.2. The normalized spacial score (nSPS) is 10.5. The summed E-state index contributed by atoms with van der Waals surface area (Å²) in [5.74, 6) is -0.0268. The number of hydrogen-bond acceptors (Lipinski definition) is 5. The molecule has 0 bridgehead atoms. The molecule has 2 aromatic heterocycles. The molecule has 0 saturated carbocycles. The highest BCUT2D eigenvalue weighted by molar-refractivity contribution is 5.90. The topological polar surface area (TPSA) is 90.5 Å². The summed E-state index contributed by atoms with van der Waals surface area (Å²) >= 11 is 0. The maximum Gasteiger partial charge on any atom is 0.224 e. The Hall–Kier alpha value is -3.03. The fraction of sp³-hybridized carbons (Fsp3) is 0.214. The van der Waals surface area contributed by atoms with Crippen molar-refractivity contribution in [2.45, 2.75) is 19.4 Å². The van der Waals surface area contributed by atoms with E-state index in [-0.39, 0.29) is 5.91 Å². The summed E-state index contributed by atoms with van der Waals surface area (Å²) in [6.07, 6.45) is 7.48. The van der Waals surface area contributed by atoms with Crippen molar-refractivity contribution in [3.05, 3.63) is 49.6 Å². The molecule has 1 amide bonds. The average Bonchev–Trinajstić information content (AvgIpc) is 3.21. The van der Waals surface area contributed by atoms with Gasteiger partial charge in [0.2, 0.25) is 5.91 Å². The maximum absolute atomic E-state index is 12.0. The minimum Gasteiger partial charge on any atom is -0.326 e. The molecule has 1 N–H and O–H groups in total. The van der Waals surface area contributed by atoms with Crippen LogP contribution in [0.4, 0.5) is 5.69 Å². The lowest BCUT2D eigenvalue weighted by atomic mass is 10.2. The third-order valence-corrected chi connectivity index (χ3v) is 3.10. The van der Waals surface area contributed by atoms with Crippen molar-refractivity contribution in [3.8, 4) is 5.69 Å². The van der Waals surface area contributed by atoms with Crippen LogP contribution in [0.15, 0.2) is 49.6 Å². The van der Waals surface area contributed by atoms with Gasteiger partial charge in [0.05, 0.1) is 5.69 Å². The van der Waals surface area contributed by atoms with E-state index in [4.69, 9.17) is 0 Å². The molecule has 0 unspecified atom stereocenters. The Morgan fingerprint density at radius 2 is 2.05 bits per heavy atom. The molecule has 0 aliphatic heterocycles. The number of aromatic nitrogens is 6. The molecule has 8 heteroatoms. The van der Waals surface area contributed by atoms with Crippen molar-refractivity contribution in [2.24, 2.45) is 0 Å². The van der Waals surface area contributed by atoms with Crippen LogP contribution in [-0.4, -0.2) is 35.4 Å². The summed E-state index contributed by atoms with van der Waals surface area (Å²) < 4.78 is 3.49. The molecule has 1 aromatic carbocycles. The first kappa shape index (κ1) is 13.9. The number of aryl methyl sites for hydroxylation is 1. The van der Waals surface area contributed by atoms with Gasteiger partial charge < -0.3 is 5.32 Å². The van der Waals surface area contributed by atoms with Gasteiger partial charge in [0.1, 0.15) is 25.3 Å². The summed E-state index contributed by atoms with van der Waals surface area (Å²) in [6.45, 7) is 0.675. The van der Waals surface area contributed by atoms with E-state index < -0.39 is 0 Å². The summed E-state index contributed by atoms with van der Waals surface area (Å²) in [7, 11) is 0. The van der Waals surface area contributed by atoms with E-state index in [1.165, 1.54) is 6.33 Å². The van der Waals surface area contributed by atoms with E-state index in [0.29, 0.717) is 19.4 Å². The van der Waals surface area contributed by atoms with E-state index in [9.17, 15) is 4.79 Å². The highest BCUT2D eigenvalue weighted by atomic mass is 16.1. The molecule has 0 aliphatic rings. The second kappa shape index (κ2) is 6.61. The van der Waals surface area contributed by atoms with Crippen molar-refractivity contribution in [3.63, 3.8) is 0 Å². The predicted octanol–water partition coefficient (Wildman–Crippen LogP) is 1.28. The van der Waals surface area contributed by atoms with Crippen LogP contribution in [-0.2, 0) is 11.3 Å². The summed E-state index contributed by atoms with van der Waals surface area (Å²) in [6, 6.07) is 7.52. The smallest absolute Gasteiger partial charge is 0.224 e. The quantitative estimate of drug-likeness (QED) is 0.740. The minimum absolute atomic E-state index is 0.0268. The van der Waals surface area contributed by atoms with Crippen LogP contribution in [0.25, 0.3) is 5.69 Å². The molecular weight excluding hydrogens is 282 g/mol. The molecule has 0 saturated heterocycles. The van der Waals surface area contributed by atoms with Crippen LogP contribution in [0.1, 0.15) is 12.8 Å². The largest absolute Gasteiger partial charge is 0.326 e. The van der Waals surface area contributed by atoms with E-state index in [0.717, 1.165) is 11.4 Å². The van der Waals surface area contributed by atoms with E-state index in [2.05, 4.69) is 25.6 Å². The fourth-order valence-corrected chi connectivity index (χ4v) is 2.05. The second-order valence-electron chi connectivity index (χ2n) is 4.73. The number of rotatable bonds is 6. The summed E-state index contributed by atoms with van der Waals surface area (Å²) in [4.78, 5) is 15.8. The van der Waals surface area contributed by atoms with Crippen LogP contribution >= 0.6 is 0 Å². The van der Waals surface area contributed by atoms with E-state index in [1.807, 2.05) is 24.3 Å². The molecule has 3 rings (SSSR count). The van der Waals surface area contributed by atoms with Crippen molar-refractivity contribution >= 4 is 11.6 Å². The number of carbonyl (C=O) groups excluding carboxylic acids is 1. The Bertz CT molecular complexity index is 722. The first-order valence-electron chi connectivity index (χ1n) is 6.88. The van der Waals surface area contributed by atoms with Crippen LogP contribution in [0.2, 0.25) is 0 Å². The van der Waals surface area contributed by atoms with Gasteiger partial charge in [-0.15, -0.1) is 10.2 Å². The van der Waals surface area contributed by atoms with Crippen LogP contribution in [0.5, 0.6) is 0 Å². The summed E-state index contributed by atoms with van der Waals surface area (Å²) in [5.41, 5.74) is 1.64. The molecular formula is C14H15N7O. The van der Waals surface area contributed by atoms with Gasteiger partial charge in [-0.2, -0.15) is 5.10 Å². The zero-order valence-corrected chi connectivity index (χ0v) is 11.8. The first-order chi connectivity index (χ1) is 10.8. The average molecular weight is 297 g/mol. The Labute approximate surface area is 126 Å². The molecule has 22 heavy (non-hydrogen) atoms. The van der Waals surface area contributed by atoms with E-state index >= 15 is 0 Å². The number of carbonyl (C=O) groups is 1. The molecule has 0 radical (unpaired) electrons. The Balaban J connectivity index is 1.54. The van der Waals surface area contributed by atoms with Gasteiger partial charge in [0.25, 0.3) is 0 Å². The van der Waals surface area contributed by atoms with Gasteiger partial charge in [-0.25, -0.2) is 4.98 Å². The van der Waals surface area contributed by atoms with Gasteiger partial charge in [-0.1, -0.05) is 6.07 Å². The molecule has 2 heterocycles. The number of anilines is 1. The first-order valence-corrected chi connectivity index (χ1v) is 6.88. The number of benzene rings is 1. The molecule has 112 valence electrons. The van der Waals surface area contributed by atoms with Crippen molar-refractivity contribution < 1.29 is 4.79 Å². The lowest BCUT2D eigenvalue weighted by Crippen LogP contribution is -2.12. The Morgan fingerprint density at radius 1 is 1.18 bits per heavy atom. The molecule has 0 aliphatic carbocycles. The highest BCUT2D eigenvalue weighted by Gasteiger charge is 2.04. The molecule has 0 fully saturated rings. The van der Waals surface area contributed by atoms with Gasteiger partial charge >= 0.3 is 0 Å². The van der Waals surface area contributed by atoms with Gasteiger partial charge in [-0.05, 0) is 24.6 Å². The van der Waals surface area contributed by atoms with Crippen LogP contribution in [0, 0.1) is 0 Å².